The highest BCUT2D eigenvalue weighted by Gasteiger charge is 2.44. The van der Waals surface area contributed by atoms with E-state index in [1.807, 2.05) is 24.3 Å². The summed E-state index contributed by atoms with van der Waals surface area (Å²) in [7, 11) is 9.76. The highest BCUT2D eigenvalue weighted by atomic mass is 16.5. The van der Waals surface area contributed by atoms with Gasteiger partial charge in [-0.3, -0.25) is 0 Å². The molecule has 0 aliphatic carbocycles. The number of hydrogen-bond acceptors (Lipinski definition) is 7. The molecular weight excluding hydrogens is 400 g/mol. The van der Waals surface area contributed by atoms with Crippen LogP contribution in [0.2, 0.25) is 0 Å². The molecule has 170 valence electrons. The summed E-state index contributed by atoms with van der Waals surface area (Å²) in [6.45, 7) is 4.25. The lowest BCUT2D eigenvalue weighted by atomic mass is 9.81. The van der Waals surface area contributed by atoms with E-state index in [2.05, 4.69) is 13.8 Å². The molecule has 1 aliphatic rings. The second-order valence-corrected chi connectivity index (χ2v) is 7.54. The summed E-state index contributed by atoms with van der Waals surface area (Å²) in [4.78, 5) is 0. The molecule has 7 nitrogen and oxygen atoms in total. The summed E-state index contributed by atoms with van der Waals surface area (Å²) in [6, 6.07) is 7.60. The lowest BCUT2D eigenvalue weighted by molar-refractivity contribution is 0.0415. The van der Waals surface area contributed by atoms with Crippen molar-refractivity contribution in [1.82, 2.24) is 0 Å². The van der Waals surface area contributed by atoms with Crippen molar-refractivity contribution in [2.75, 3.05) is 42.7 Å². The average Bonchev–Trinajstić information content (AvgIpc) is 3.10. The van der Waals surface area contributed by atoms with Crippen LogP contribution in [0, 0.1) is 5.92 Å². The molecule has 3 rings (SSSR count). The first kappa shape index (κ1) is 22.9. The number of ether oxygens (including phenoxy) is 7. The molecule has 1 saturated heterocycles. The van der Waals surface area contributed by atoms with Gasteiger partial charge in [0.2, 0.25) is 0 Å². The van der Waals surface area contributed by atoms with E-state index >= 15 is 0 Å². The number of hydrogen-bond donors (Lipinski definition) is 0. The van der Waals surface area contributed by atoms with Gasteiger partial charge in [0.25, 0.3) is 0 Å². The van der Waals surface area contributed by atoms with E-state index in [1.165, 1.54) is 0 Å². The minimum atomic E-state index is -0.201. The van der Waals surface area contributed by atoms with Gasteiger partial charge >= 0.3 is 0 Å². The highest BCUT2D eigenvalue weighted by Crippen LogP contribution is 2.53. The van der Waals surface area contributed by atoms with Crippen LogP contribution in [0.1, 0.15) is 37.0 Å². The van der Waals surface area contributed by atoms with Crippen molar-refractivity contribution < 1.29 is 33.2 Å². The van der Waals surface area contributed by atoms with E-state index < -0.39 is 0 Å². The Morgan fingerprint density at radius 1 is 0.548 bits per heavy atom. The predicted octanol–water partition coefficient (Wildman–Crippen LogP) is 4.62. The van der Waals surface area contributed by atoms with Crippen molar-refractivity contribution >= 4 is 0 Å². The Bertz CT molecular complexity index is 911. The first-order valence-corrected chi connectivity index (χ1v) is 10.2. The molecule has 0 unspecified atom stereocenters. The van der Waals surface area contributed by atoms with Crippen LogP contribution in [0.25, 0.3) is 0 Å². The minimum absolute atomic E-state index is 0.0650. The maximum Gasteiger partial charge on any atom is 0.164 e. The van der Waals surface area contributed by atoms with Crippen LogP contribution in [-0.4, -0.2) is 48.8 Å². The van der Waals surface area contributed by atoms with E-state index in [-0.39, 0.29) is 24.0 Å². The molecule has 2 aromatic carbocycles. The lowest BCUT2D eigenvalue weighted by Gasteiger charge is -2.24. The fraction of sp³-hybridized carbons (Fsp3) is 0.500. The zero-order valence-corrected chi connectivity index (χ0v) is 19.5. The SMILES string of the molecule is COc1cc(OC)c([C@H]2[C@@H](C)[C@@H](c3cc(OC)c(OC)cc3OC)O[C@@H]2C)cc1OC. The molecule has 1 aliphatic heterocycles. The third kappa shape index (κ3) is 4.06. The quantitative estimate of drug-likeness (QED) is 0.603. The number of methoxy groups -OCH3 is 6. The van der Waals surface area contributed by atoms with E-state index in [0.717, 1.165) is 16.9 Å². The summed E-state index contributed by atoms with van der Waals surface area (Å²) in [5, 5.41) is 0. The molecule has 1 fully saturated rings. The Morgan fingerprint density at radius 2 is 0.935 bits per heavy atom. The van der Waals surface area contributed by atoms with Gasteiger partial charge in [-0.15, -0.1) is 0 Å². The molecule has 0 bridgehead atoms. The van der Waals surface area contributed by atoms with Gasteiger partial charge in [-0.1, -0.05) is 6.92 Å². The van der Waals surface area contributed by atoms with E-state index in [4.69, 9.17) is 33.2 Å². The first-order valence-electron chi connectivity index (χ1n) is 10.2. The van der Waals surface area contributed by atoms with Gasteiger partial charge in [0.1, 0.15) is 11.5 Å². The van der Waals surface area contributed by atoms with Gasteiger partial charge in [-0.25, -0.2) is 0 Å². The third-order valence-corrected chi connectivity index (χ3v) is 6.05. The Morgan fingerprint density at radius 3 is 1.39 bits per heavy atom. The van der Waals surface area contributed by atoms with E-state index in [0.29, 0.717) is 28.7 Å². The van der Waals surface area contributed by atoms with Crippen LogP contribution < -0.4 is 28.4 Å². The summed E-state index contributed by atoms with van der Waals surface area (Å²) >= 11 is 0. The summed E-state index contributed by atoms with van der Waals surface area (Å²) in [5.74, 6) is 4.15. The van der Waals surface area contributed by atoms with E-state index in [9.17, 15) is 0 Å². The topological polar surface area (TPSA) is 64.6 Å². The largest absolute Gasteiger partial charge is 0.496 e. The molecule has 0 aromatic heterocycles. The fourth-order valence-corrected chi connectivity index (χ4v) is 4.54. The molecule has 1 heterocycles. The van der Waals surface area contributed by atoms with Crippen LogP contribution in [0.4, 0.5) is 0 Å². The number of benzene rings is 2. The third-order valence-electron chi connectivity index (χ3n) is 6.05. The normalized spacial score (nSPS) is 22.7. The van der Waals surface area contributed by atoms with Crippen molar-refractivity contribution in [2.45, 2.75) is 32.0 Å². The van der Waals surface area contributed by atoms with Crippen LogP contribution >= 0.6 is 0 Å². The molecule has 0 amide bonds. The fourth-order valence-electron chi connectivity index (χ4n) is 4.54. The summed E-state index contributed by atoms with van der Waals surface area (Å²) in [5.41, 5.74) is 1.93. The van der Waals surface area contributed by atoms with Crippen LogP contribution in [0.3, 0.4) is 0 Å². The highest BCUT2D eigenvalue weighted by molar-refractivity contribution is 5.54. The molecule has 0 radical (unpaired) electrons. The smallest absolute Gasteiger partial charge is 0.164 e. The van der Waals surface area contributed by atoms with Gasteiger partial charge in [-0.2, -0.15) is 0 Å². The summed E-state index contributed by atoms with van der Waals surface area (Å²) in [6.07, 6.45) is -0.266. The second-order valence-electron chi connectivity index (χ2n) is 7.54. The van der Waals surface area contributed by atoms with Crippen molar-refractivity contribution in [2.24, 2.45) is 5.92 Å². The maximum absolute atomic E-state index is 6.47. The van der Waals surface area contributed by atoms with Crippen molar-refractivity contribution in [3.8, 4) is 34.5 Å². The van der Waals surface area contributed by atoms with Crippen LogP contribution in [0.15, 0.2) is 24.3 Å². The Kier molecular flexibility index (Phi) is 7.05. The molecule has 4 atom stereocenters. The lowest BCUT2D eigenvalue weighted by Crippen LogP contribution is -2.16. The monoisotopic (exact) mass is 432 g/mol. The molecule has 0 saturated carbocycles. The van der Waals surface area contributed by atoms with Gasteiger partial charge < -0.3 is 33.2 Å². The molecule has 2 aromatic rings. The van der Waals surface area contributed by atoms with Crippen molar-refractivity contribution in [3.63, 3.8) is 0 Å². The van der Waals surface area contributed by atoms with Crippen molar-refractivity contribution in [1.29, 1.82) is 0 Å². The number of rotatable bonds is 8. The summed E-state index contributed by atoms with van der Waals surface area (Å²) < 4.78 is 39.7. The zero-order valence-electron chi connectivity index (χ0n) is 19.5. The second kappa shape index (κ2) is 9.56. The van der Waals surface area contributed by atoms with Crippen LogP contribution in [0.5, 0.6) is 34.5 Å². The standard InChI is InChI=1S/C24H32O7/c1-13-23(15-9-19(27-5)21(29-7)11-17(15)25-3)14(2)31-24(13)16-10-20(28-6)22(30-8)12-18(16)26-4/h9-14,23-24H,1-8H3/t13-,14-,23+,24+/m1/s1. The zero-order chi connectivity index (χ0) is 22.7. The van der Waals surface area contributed by atoms with E-state index in [1.54, 1.807) is 42.7 Å². The molecular formula is C24H32O7. The Balaban J connectivity index is 2.06. The van der Waals surface area contributed by atoms with Crippen molar-refractivity contribution in [3.05, 3.63) is 35.4 Å². The predicted molar refractivity (Wildman–Crippen MR) is 117 cm³/mol. The molecule has 0 spiro atoms. The molecule has 7 heteroatoms. The Hall–Kier alpha value is -2.80. The maximum atomic E-state index is 6.47. The van der Waals surface area contributed by atoms with Gasteiger partial charge in [0, 0.05) is 29.2 Å². The minimum Gasteiger partial charge on any atom is -0.496 e. The van der Waals surface area contributed by atoms with Gasteiger partial charge in [0.15, 0.2) is 23.0 Å². The first-order chi connectivity index (χ1) is 14.9. The molecule has 0 N–H and O–H groups in total. The van der Waals surface area contributed by atoms with Gasteiger partial charge in [0.05, 0.1) is 54.9 Å². The van der Waals surface area contributed by atoms with Gasteiger partial charge in [-0.05, 0) is 25.0 Å². The van der Waals surface area contributed by atoms with Crippen LogP contribution in [-0.2, 0) is 4.74 Å². The Labute approximate surface area is 184 Å². The molecule has 31 heavy (non-hydrogen) atoms. The average molecular weight is 433 g/mol.